The zero-order valence-electron chi connectivity index (χ0n) is 8.93. The lowest BCUT2D eigenvalue weighted by atomic mass is 10.2. The number of aryl methyl sites for hydroxylation is 1. The number of halogens is 2. The van der Waals surface area contributed by atoms with Crippen LogP contribution in [-0.4, -0.2) is 11.9 Å². The van der Waals surface area contributed by atoms with Crippen molar-refractivity contribution in [1.82, 2.24) is 0 Å². The average Bonchev–Trinajstić information content (AvgIpc) is 2.58. The van der Waals surface area contributed by atoms with Gasteiger partial charge in [0.15, 0.2) is 0 Å². The van der Waals surface area contributed by atoms with Gasteiger partial charge in [-0.05, 0) is 31.0 Å². The van der Waals surface area contributed by atoms with Crippen LogP contribution in [0.25, 0.3) is 0 Å². The third-order valence-electron chi connectivity index (χ3n) is 2.68. The van der Waals surface area contributed by atoms with Gasteiger partial charge in [0.05, 0.1) is 5.02 Å². The Balaban J connectivity index is 2.18. The Morgan fingerprint density at radius 1 is 1.50 bits per heavy atom. The highest BCUT2D eigenvalue weighted by Gasteiger charge is 2.24. The summed E-state index contributed by atoms with van der Waals surface area (Å²) in [4.78, 5) is 11.1. The molecule has 1 saturated carbocycles. The van der Waals surface area contributed by atoms with Gasteiger partial charge in [0.2, 0.25) is 0 Å². The summed E-state index contributed by atoms with van der Waals surface area (Å²) in [5.74, 6) is 0.973. The second-order valence-electron chi connectivity index (χ2n) is 4.05. The van der Waals surface area contributed by atoms with Gasteiger partial charge in [-0.3, -0.25) is 4.79 Å². The average molecular weight is 304 g/mol. The van der Waals surface area contributed by atoms with Crippen LogP contribution in [0.15, 0.2) is 16.6 Å². The van der Waals surface area contributed by atoms with E-state index < -0.39 is 0 Å². The van der Waals surface area contributed by atoms with Gasteiger partial charge >= 0.3 is 0 Å². The summed E-state index contributed by atoms with van der Waals surface area (Å²) in [5, 5.41) is 0.589. The summed E-state index contributed by atoms with van der Waals surface area (Å²) in [7, 11) is 0. The zero-order valence-corrected chi connectivity index (χ0v) is 11.3. The van der Waals surface area contributed by atoms with Crippen molar-refractivity contribution in [3.05, 3.63) is 27.2 Å². The molecule has 1 aromatic carbocycles. The smallest absolute Gasteiger partial charge is 0.141 e. The van der Waals surface area contributed by atoms with Crippen molar-refractivity contribution in [1.29, 1.82) is 0 Å². The highest BCUT2D eigenvalue weighted by Crippen LogP contribution is 2.34. The number of ether oxygens (including phenoxy) is 1. The Morgan fingerprint density at radius 2 is 2.25 bits per heavy atom. The van der Waals surface area contributed by atoms with Crippen molar-refractivity contribution in [2.75, 3.05) is 0 Å². The zero-order chi connectivity index (χ0) is 11.7. The van der Waals surface area contributed by atoms with Crippen molar-refractivity contribution in [2.45, 2.75) is 32.3 Å². The molecule has 0 spiro atoms. The van der Waals surface area contributed by atoms with Crippen molar-refractivity contribution >= 4 is 33.3 Å². The summed E-state index contributed by atoms with van der Waals surface area (Å²) >= 11 is 9.48. The minimum absolute atomic E-state index is 0.00937. The van der Waals surface area contributed by atoms with E-state index in [4.69, 9.17) is 16.3 Å². The summed E-state index contributed by atoms with van der Waals surface area (Å²) in [6, 6.07) is 3.76. The van der Waals surface area contributed by atoms with Crippen molar-refractivity contribution < 1.29 is 9.53 Å². The van der Waals surface area contributed by atoms with Gasteiger partial charge in [-0.15, -0.1) is 0 Å². The predicted molar refractivity (Wildman–Crippen MR) is 67.2 cm³/mol. The molecule has 0 N–H and O–H groups in total. The number of Topliss-reactive ketones (excluding diaryl/α,β-unsaturated/α-hetero) is 1. The van der Waals surface area contributed by atoms with Crippen LogP contribution in [0.3, 0.4) is 0 Å². The first-order valence-electron chi connectivity index (χ1n) is 5.20. The van der Waals surface area contributed by atoms with E-state index in [1.54, 1.807) is 6.07 Å². The van der Waals surface area contributed by atoms with Crippen LogP contribution < -0.4 is 4.74 Å². The van der Waals surface area contributed by atoms with Crippen LogP contribution in [0.2, 0.25) is 5.02 Å². The second-order valence-corrected chi connectivity index (χ2v) is 5.38. The molecule has 0 aliphatic heterocycles. The van der Waals surface area contributed by atoms with Crippen LogP contribution >= 0.6 is 27.5 Å². The van der Waals surface area contributed by atoms with Gasteiger partial charge in [-0.2, -0.15) is 0 Å². The van der Waals surface area contributed by atoms with E-state index in [1.165, 1.54) is 0 Å². The maximum absolute atomic E-state index is 11.1. The van der Waals surface area contributed by atoms with Gasteiger partial charge in [0, 0.05) is 17.3 Å². The lowest BCUT2D eigenvalue weighted by Crippen LogP contribution is -2.13. The summed E-state index contributed by atoms with van der Waals surface area (Å²) in [6.07, 6.45) is 1.92. The molecular weight excluding hydrogens is 291 g/mol. The third kappa shape index (κ3) is 2.58. The fourth-order valence-corrected chi connectivity index (χ4v) is 2.90. The molecule has 2 rings (SSSR count). The Hall–Kier alpha value is -0.540. The van der Waals surface area contributed by atoms with E-state index in [0.717, 1.165) is 16.5 Å². The SMILES string of the molecule is Cc1cc(Br)cc(Cl)c1OC1CCC(=O)C1. The van der Waals surface area contributed by atoms with Gasteiger partial charge < -0.3 is 4.74 Å². The maximum atomic E-state index is 11.1. The van der Waals surface area contributed by atoms with Crippen LogP contribution in [-0.2, 0) is 4.79 Å². The second kappa shape index (κ2) is 4.76. The molecule has 0 heterocycles. The molecule has 1 aliphatic carbocycles. The van der Waals surface area contributed by atoms with E-state index >= 15 is 0 Å². The number of carbonyl (C=O) groups is 1. The molecule has 0 saturated heterocycles. The molecule has 86 valence electrons. The molecule has 2 nitrogen and oxygen atoms in total. The topological polar surface area (TPSA) is 26.3 Å². The number of ketones is 1. The van der Waals surface area contributed by atoms with E-state index in [9.17, 15) is 4.79 Å². The lowest BCUT2D eigenvalue weighted by molar-refractivity contribution is -0.117. The lowest BCUT2D eigenvalue weighted by Gasteiger charge is -2.16. The quantitative estimate of drug-likeness (QED) is 0.828. The first-order valence-corrected chi connectivity index (χ1v) is 6.37. The molecule has 1 aromatic rings. The van der Waals surface area contributed by atoms with Crippen molar-refractivity contribution in [2.24, 2.45) is 0 Å². The molecule has 1 atom stereocenters. The van der Waals surface area contributed by atoms with Crippen LogP contribution in [0.4, 0.5) is 0 Å². The van der Waals surface area contributed by atoms with Gasteiger partial charge in [-0.1, -0.05) is 27.5 Å². The van der Waals surface area contributed by atoms with Crippen LogP contribution in [0.5, 0.6) is 5.75 Å². The minimum Gasteiger partial charge on any atom is -0.488 e. The van der Waals surface area contributed by atoms with Crippen LogP contribution in [0, 0.1) is 6.92 Å². The van der Waals surface area contributed by atoms with E-state index in [-0.39, 0.29) is 11.9 Å². The minimum atomic E-state index is -0.00937. The number of hydrogen-bond acceptors (Lipinski definition) is 2. The fraction of sp³-hybridized carbons (Fsp3) is 0.417. The molecule has 1 aliphatic rings. The Morgan fingerprint density at radius 3 is 2.81 bits per heavy atom. The molecular formula is C12H12BrClO2. The third-order valence-corrected chi connectivity index (χ3v) is 3.42. The van der Waals surface area contributed by atoms with E-state index in [1.807, 2.05) is 13.0 Å². The molecule has 0 bridgehead atoms. The molecule has 1 unspecified atom stereocenters. The number of benzene rings is 1. The molecule has 4 heteroatoms. The normalized spacial score (nSPS) is 20.2. The van der Waals surface area contributed by atoms with Gasteiger partial charge in [-0.25, -0.2) is 0 Å². The highest BCUT2D eigenvalue weighted by molar-refractivity contribution is 9.10. The van der Waals surface area contributed by atoms with Crippen molar-refractivity contribution in [3.63, 3.8) is 0 Å². The number of hydrogen-bond donors (Lipinski definition) is 0. The summed E-state index contributed by atoms with van der Waals surface area (Å²) in [5.41, 5.74) is 0.985. The molecule has 0 aromatic heterocycles. The van der Waals surface area contributed by atoms with Gasteiger partial charge in [0.25, 0.3) is 0 Å². The standard InChI is InChI=1S/C12H12BrClO2/c1-7-4-8(13)5-11(14)12(7)16-10-3-2-9(15)6-10/h4-5,10H,2-3,6H2,1H3. The number of carbonyl (C=O) groups excluding carboxylic acids is 1. The first-order chi connectivity index (χ1) is 7.56. The number of rotatable bonds is 2. The predicted octanol–water partition coefficient (Wildman–Crippen LogP) is 3.91. The highest BCUT2D eigenvalue weighted by atomic mass is 79.9. The maximum Gasteiger partial charge on any atom is 0.141 e. The Bertz CT molecular complexity index is 408. The summed E-state index contributed by atoms with van der Waals surface area (Å²) in [6.45, 7) is 1.95. The monoisotopic (exact) mass is 302 g/mol. The first kappa shape index (κ1) is 11.9. The van der Waals surface area contributed by atoms with E-state index in [0.29, 0.717) is 23.6 Å². The van der Waals surface area contributed by atoms with Gasteiger partial charge in [0.1, 0.15) is 17.6 Å². The Labute approximate surface area is 108 Å². The fourth-order valence-electron chi connectivity index (χ4n) is 1.89. The summed E-state index contributed by atoms with van der Waals surface area (Å²) < 4.78 is 6.72. The van der Waals surface area contributed by atoms with Crippen LogP contribution in [0.1, 0.15) is 24.8 Å². The Kier molecular flexibility index (Phi) is 3.55. The molecule has 1 fully saturated rings. The molecule has 0 radical (unpaired) electrons. The molecule has 16 heavy (non-hydrogen) atoms. The molecule has 0 amide bonds. The van der Waals surface area contributed by atoms with Crippen molar-refractivity contribution in [3.8, 4) is 5.75 Å². The van der Waals surface area contributed by atoms with E-state index in [2.05, 4.69) is 15.9 Å². The largest absolute Gasteiger partial charge is 0.488 e.